The maximum absolute atomic E-state index is 2.59. The lowest BCUT2D eigenvalue weighted by Crippen LogP contribution is -1.98. The second-order valence-corrected chi connectivity index (χ2v) is 9.85. The van der Waals surface area contributed by atoms with E-state index in [1.54, 1.807) is 16.7 Å². The highest BCUT2D eigenvalue weighted by Crippen LogP contribution is 2.38. The molecule has 0 bridgehead atoms. The molecule has 0 aliphatic heterocycles. The molecular formula is C31H46. The van der Waals surface area contributed by atoms with Crippen LogP contribution in [0.15, 0.2) is 36.4 Å². The number of fused-ring (bicyclic) bond motifs is 3. The number of rotatable bonds is 16. The van der Waals surface area contributed by atoms with E-state index in [9.17, 15) is 0 Å². The van der Waals surface area contributed by atoms with Gasteiger partial charge in [-0.05, 0) is 65.5 Å². The molecule has 2 aromatic carbocycles. The summed E-state index contributed by atoms with van der Waals surface area (Å²) in [7, 11) is 0. The third-order valence-corrected chi connectivity index (χ3v) is 7.21. The SMILES string of the molecule is CCCCCCCCCc1cc2c(cc1CCCCCCCCC)-c1ccccc1C2. The van der Waals surface area contributed by atoms with Gasteiger partial charge in [-0.1, -0.05) is 127 Å². The summed E-state index contributed by atoms with van der Waals surface area (Å²) in [5, 5.41) is 0. The van der Waals surface area contributed by atoms with Gasteiger partial charge in [0, 0.05) is 0 Å². The summed E-state index contributed by atoms with van der Waals surface area (Å²) >= 11 is 0. The third-order valence-electron chi connectivity index (χ3n) is 7.21. The molecule has 31 heavy (non-hydrogen) atoms. The summed E-state index contributed by atoms with van der Waals surface area (Å²) in [6, 6.07) is 14.2. The fourth-order valence-corrected chi connectivity index (χ4v) is 5.29. The normalized spacial score (nSPS) is 12.2. The minimum absolute atomic E-state index is 1.13. The van der Waals surface area contributed by atoms with Crippen molar-refractivity contribution in [3.8, 4) is 11.1 Å². The van der Waals surface area contributed by atoms with E-state index in [2.05, 4.69) is 50.2 Å². The van der Waals surface area contributed by atoms with Crippen molar-refractivity contribution in [3.05, 3.63) is 58.7 Å². The predicted octanol–water partition coefficient (Wildman–Crippen LogP) is 9.84. The van der Waals surface area contributed by atoms with E-state index in [0.717, 1.165) is 6.42 Å². The zero-order valence-electron chi connectivity index (χ0n) is 20.5. The molecule has 0 aromatic heterocycles. The molecule has 0 saturated carbocycles. The molecule has 0 saturated heterocycles. The van der Waals surface area contributed by atoms with Crippen LogP contribution in [-0.2, 0) is 19.3 Å². The Balaban J connectivity index is 1.58. The first kappa shape index (κ1) is 24.1. The lowest BCUT2D eigenvalue weighted by Gasteiger charge is -2.14. The average Bonchev–Trinajstić information content (AvgIpc) is 3.15. The molecule has 1 aliphatic carbocycles. The number of hydrogen-bond acceptors (Lipinski definition) is 0. The van der Waals surface area contributed by atoms with Gasteiger partial charge in [0.2, 0.25) is 0 Å². The van der Waals surface area contributed by atoms with Crippen LogP contribution in [0.5, 0.6) is 0 Å². The van der Waals surface area contributed by atoms with Gasteiger partial charge >= 0.3 is 0 Å². The van der Waals surface area contributed by atoms with Crippen LogP contribution in [0.1, 0.15) is 126 Å². The lowest BCUT2D eigenvalue weighted by atomic mass is 9.91. The molecule has 0 fully saturated rings. The van der Waals surface area contributed by atoms with Crippen LogP contribution in [0, 0.1) is 0 Å². The van der Waals surface area contributed by atoms with Crippen molar-refractivity contribution in [2.24, 2.45) is 0 Å². The van der Waals surface area contributed by atoms with E-state index in [0.29, 0.717) is 0 Å². The van der Waals surface area contributed by atoms with E-state index in [-0.39, 0.29) is 0 Å². The van der Waals surface area contributed by atoms with Crippen LogP contribution in [0.2, 0.25) is 0 Å². The molecule has 0 heteroatoms. The first-order valence-electron chi connectivity index (χ1n) is 13.6. The Kier molecular flexibility index (Phi) is 10.7. The number of aryl methyl sites for hydroxylation is 2. The molecule has 0 spiro atoms. The molecule has 3 rings (SSSR count). The third kappa shape index (κ3) is 7.51. The summed E-state index contributed by atoms with van der Waals surface area (Å²) in [6.45, 7) is 4.61. The first-order valence-corrected chi connectivity index (χ1v) is 13.6. The molecule has 2 aromatic rings. The standard InChI is InChI=1S/C31H46/c1-3-5-7-9-11-13-15-19-26-23-29-24-28-21-17-18-22-30(28)31(29)25-27(26)20-16-14-12-10-8-6-4-2/h17-18,21-23,25H,3-16,19-20,24H2,1-2H3. The van der Waals surface area contributed by atoms with Gasteiger partial charge in [-0.3, -0.25) is 0 Å². The Bertz CT molecular complexity index is 770. The van der Waals surface area contributed by atoms with Crippen molar-refractivity contribution < 1.29 is 0 Å². The van der Waals surface area contributed by atoms with E-state index in [1.165, 1.54) is 119 Å². The van der Waals surface area contributed by atoms with Gasteiger partial charge in [0.15, 0.2) is 0 Å². The molecule has 0 atom stereocenters. The van der Waals surface area contributed by atoms with Gasteiger partial charge in [0.25, 0.3) is 0 Å². The second kappa shape index (κ2) is 13.8. The maximum atomic E-state index is 2.59. The minimum atomic E-state index is 1.13. The van der Waals surface area contributed by atoms with Crippen LogP contribution in [0.4, 0.5) is 0 Å². The van der Waals surface area contributed by atoms with Gasteiger partial charge in [-0.25, -0.2) is 0 Å². The van der Waals surface area contributed by atoms with Crippen LogP contribution in [0.25, 0.3) is 11.1 Å². The van der Waals surface area contributed by atoms with Crippen molar-refractivity contribution in [2.75, 3.05) is 0 Å². The Hall–Kier alpha value is -1.56. The van der Waals surface area contributed by atoms with E-state index < -0.39 is 0 Å². The molecule has 0 N–H and O–H groups in total. The highest BCUT2D eigenvalue weighted by molar-refractivity contribution is 5.77. The molecular weight excluding hydrogens is 372 g/mol. The van der Waals surface area contributed by atoms with Gasteiger partial charge < -0.3 is 0 Å². The molecule has 0 unspecified atom stereocenters. The zero-order chi connectivity index (χ0) is 21.7. The van der Waals surface area contributed by atoms with E-state index in [4.69, 9.17) is 0 Å². The van der Waals surface area contributed by atoms with Crippen molar-refractivity contribution in [1.29, 1.82) is 0 Å². The smallest absolute Gasteiger partial charge is 0.00134 e. The molecule has 170 valence electrons. The topological polar surface area (TPSA) is 0 Å². The summed E-state index contributed by atoms with van der Waals surface area (Å²) in [5.74, 6) is 0. The van der Waals surface area contributed by atoms with Crippen molar-refractivity contribution >= 4 is 0 Å². The summed E-state index contributed by atoms with van der Waals surface area (Å²) in [6.07, 6.45) is 23.3. The minimum Gasteiger partial charge on any atom is -0.0654 e. The molecule has 1 aliphatic rings. The fraction of sp³-hybridized carbons (Fsp3) is 0.613. The van der Waals surface area contributed by atoms with Crippen molar-refractivity contribution in [1.82, 2.24) is 0 Å². The van der Waals surface area contributed by atoms with E-state index in [1.807, 2.05) is 0 Å². The largest absolute Gasteiger partial charge is 0.0654 e. The van der Waals surface area contributed by atoms with Crippen LogP contribution >= 0.6 is 0 Å². The highest BCUT2D eigenvalue weighted by atomic mass is 14.2. The van der Waals surface area contributed by atoms with Gasteiger partial charge in [0.05, 0.1) is 0 Å². The van der Waals surface area contributed by atoms with Crippen molar-refractivity contribution in [3.63, 3.8) is 0 Å². The Morgan fingerprint density at radius 3 is 1.65 bits per heavy atom. The molecule has 0 nitrogen and oxygen atoms in total. The van der Waals surface area contributed by atoms with Gasteiger partial charge in [-0.2, -0.15) is 0 Å². The maximum Gasteiger partial charge on any atom is -0.00134 e. The average molecular weight is 419 g/mol. The first-order chi connectivity index (χ1) is 15.3. The Morgan fingerprint density at radius 1 is 0.516 bits per heavy atom. The van der Waals surface area contributed by atoms with Gasteiger partial charge in [-0.15, -0.1) is 0 Å². The number of hydrogen-bond donors (Lipinski definition) is 0. The fourth-order valence-electron chi connectivity index (χ4n) is 5.29. The number of unbranched alkanes of at least 4 members (excludes halogenated alkanes) is 12. The Labute approximate surface area is 192 Å². The Morgan fingerprint density at radius 2 is 1.03 bits per heavy atom. The quantitative estimate of drug-likeness (QED) is 0.203. The molecule has 0 radical (unpaired) electrons. The number of benzene rings is 2. The van der Waals surface area contributed by atoms with Crippen LogP contribution in [-0.4, -0.2) is 0 Å². The summed E-state index contributed by atoms with van der Waals surface area (Å²) < 4.78 is 0. The van der Waals surface area contributed by atoms with Gasteiger partial charge in [0.1, 0.15) is 0 Å². The molecule has 0 heterocycles. The van der Waals surface area contributed by atoms with Crippen LogP contribution < -0.4 is 0 Å². The second-order valence-electron chi connectivity index (χ2n) is 9.85. The van der Waals surface area contributed by atoms with Crippen molar-refractivity contribution in [2.45, 2.75) is 123 Å². The molecule has 0 amide bonds. The summed E-state index contributed by atoms with van der Waals surface area (Å²) in [5.41, 5.74) is 9.41. The predicted molar refractivity (Wildman–Crippen MR) is 138 cm³/mol. The van der Waals surface area contributed by atoms with E-state index >= 15 is 0 Å². The zero-order valence-corrected chi connectivity index (χ0v) is 20.5. The lowest BCUT2D eigenvalue weighted by molar-refractivity contribution is 0.583. The van der Waals surface area contributed by atoms with Crippen LogP contribution in [0.3, 0.4) is 0 Å². The summed E-state index contributed by atoms with van der Waals surface area (Å²) in [4.78, 5) is 0. The highest BCUT2D eigenvalue weighted by Gasteiger charge is 2.20. The monoisotopic (exact) mass is 418 g/mol.